The molecule has 0 fully saturated rings. The molecule has 0 spiro atoms. The molecule has 0 bridgehead atoms. The Morgan fingerprint density at radius 1 is 1.04 bits per heavy atom. The van der Waals surface area contributed by atoms with E-state index in [1.54, 1.807) is 24.3 Å². The van der Waals surface area contributed by atoms with Gasteiger partial charge in [-0.05, 0) is 59.0 Å². The molecule has 2 aromatic carbocycles. The van der Waals surface area contributed by atoms with Crippen LogP contribution in [0.2, 0.25) is 0 Å². The minimum absolute atomic E-state index is 0.0278. The van der Waals surface area contributed by atoms with Crippen LogP contribution in [0.4, 0.5) is 5.69 Å². The van der Waals surface area contributed by atoms with E-state index in [-0.39, 0.29) is 17.3 Å². The number of cyclic esters (lactones) is 1. The van der Waals surface area contributed by atoms with Gasteiger partial charge in [0.05, 0.1) is 4.92 Å². The Hall–Kier alpha value is -3.27. The molecule has 0 saturated carbocycles. The summed E-state index contributed by atoms with van der Waals surface area (Å²) in [4.78, 5) is 26.8. The Bertz CT molecular complexity index is 1150. The first-order chi connectivity index (χ1) is 13.5. The lowest BCUT2D eigenvalue weighted by Gasteiger charge is -1.98. The van der Waals surface area contributed by atoms with Crippen LogP contribution in [0, 0.1) is 13.7 Å². The number of esters is 1. The average molecular weight is 486 g/mol. The molecule has 0 saturated heterocycles. The average Bonchev–Trinajstić information content (AvgIpc) is 3.30. The third-order valence-corrected chi connectivity index (χ3v) is 4.68. The molecule has 0 amide bonds. The number of benzene rings is 2. The standard InChI is InChI=1S/C20H11IN2O5/c21-14-6-4-12(5-7-14)19-22-17(20(24)28-19)11-16-8-9-18(27-16)13-2-1-3-15(10-13)23(25)26/h1-11H/b17-11-. The molecule has 4 rings (SSSR count). The molecule has 0 radical (unpaired) electrons. The molecule has 0 N–H and O–H groups in total. The zero-order chi connectivity index (χ0) is 19.7. The number of halogens is 1. The molecular formula is C20H11IN2O5. The quantitative estimate of drug-likeness (QED) is 0.174. The van der Waals surface area contributed by atoms with Crippen molar-refractivity contribution in [2.75, 3.05) is 0 Å². The van der Waals surface area contributed by atoms with Crippen LogP contribution in [0.3, 0.4) is 0 Å². The number of nitro groups is 1. The number of hydrogen-bond donors (Lipinski definition) is 0. The fourth-order valence-electron chi connectivity index (χ4n) is 2.62. The highest BCUT2D eigenvalue weighted by Gasteiger charge is 2.24. The second-order valence-corrected chi connectivity index (χ2v) is 7.10. The maximum Gasteiger partial charge on any atom is 0.363 e. The highest BCUT2D eigenvalue weighted by Crippen LogP contribution is 2.27. The molecule has 8 heteroatoms. The van der Waals surface area contributed by atoms with Crippen LogP contribution in [0.5, 0.6) is 0 Å². The Balaban J connectivity index is 1.61. The minimum atomic E-state index is -0.568. The van der Waals surface area contributed by atoms with Gasteiger partial charge >= 0.3 is 5.97 Å². The number of ether oxygens (including phenoxy) is 1. The molecule has 3 aromatic rings. The number of nitro benzene ring substituents is 1. The number of carbonyl (C=O) groups is 1. The summed E-state index contributed by atoms with van der Waals surface area (Å²) in [6, 6.07) is 16.9. The first-order valence-electron chi connectivity index (χ1n) is 8.13. The van der Waals surface area contributed by atoms with E-state index in [0.717, 1.165) is 3.57 Å². The third-order valence-electron chi connectivity index (χ3n) is 3.96. The Kier molecular flexibility index (Phi) is 4.78. The van der Waals surface area contributed by atoms with Crippen LogP contribution in [0.15, 0.2) is 75.8 Å². The van der Waals surface area contributed by atoms with Gasteiger partial charge in [-0.15, -0.1) is 0 Å². The van der Waals surface area contributed by atoms with Crippen molar-refractivity contribution in [2.45, 2.75) is 0 Å². The largest absolute Gasteiger partial charge is 0.457 e. The lowest BCUT2D eigenvalue weighted by atomic mass is 10.1. The van der Waals surface area contributed by atoms with Crippen LogP contribution >= 0.6 is 22.6 Å². The number of non-ortho nitro benzene ring substituents is 1. The van der Waals surface area contributed by atoms with E-state index in [0.29, 0.717) is 22.6 Å². The first-order valence-corrected chi connectivity index (χ1v) is 9.21. The smallest absolute Gasteiger partial charge is 0.363 e. The topological polar surface area (TPSA) is 94.9 Å². The lowest BCUT2D eigenvalue weighted by Crippen LogP contribution is -2.05. The van der Waals surface area contributed by atoms with E-state index < -0.39 is 10.9 Å². The fraction of sp³-hybridized carbons (Fsp3) is 0. The summed E-state index contributed by atoms with van der Waals surface area (Å²) < 4.78 is 12.0. The minimum Gasteiger partial charge on any atom is -0.457 e. The van der Waals surface area contributed by atoms with E-state index in [9.17, 15) is 14.9 Å². The van der Waals surface area contributed by atoms with Crippen molar-refractivity contribution >= 4 is 46.2 Å². The van der Waals surface area contributed by atoms with E-state index in [4.69, 9.17) is 9.15 Å². The van der Waals surface area contributed by atoms with Crippen molar-refractivity contribution in [1.29, 1.82) is 0 Å². The normalized spacial score (nSPS) is 14.8. The molecule has 0 unspecified atom stereocenters. The zero-order valence-corrected chi connectivity index (χ0v) is 16.3. The summed E-state index contributed by atoms with van der Waals surface area (Å²) in [7, 11) is 0. The molecule has 1 aliphatic heterocycles. The molecule has 0 atom stereocenters. The van der Waals surface area contributed by atoms with Crippen LogP contribution in [-0.4, -0.2) is 16.8 Å². The summed E-state index contributed by atoms with van der Waals surface area (Å²) in [5, 5.41) is 10.9. The maximum atomic E-state index is 12.1. The summed E-state index contributed by atoms with van der Waals surface area (Å²) in [6.45, 7) is 0. The van der Waals surface area contributed by atoms with E-state index in [1.165, 1.54) is 18.2 Å². The highest BCUT2D eigenvalue weighted by molar-refractivity contribution is 14.1. The van der Waals surface area contributed by atoms with Crippen molar-refractivity contribution < 1.29 is 18.9 Å². The van der Waals surface area contributed by atoms with E-state index in [2.05, 4.69) is 27.6 Å². The number of carbonyl (C=O) groups excluding carboxylic acids is 1. The summed E-state index contributed by atoms with van der Waals surface area (Å²) >= 11 is 2.19. The van der Waals surface area contributed by atoms with Crippen molar-refractivity contribution in [2.24, 2.45) is 4.99 Å². The fourth-order valence-corrected chi connectivity index (χ4v) is 2.98. The number of furan rings is 1. The van der Waals surface area contributed by atoms with Crippen LogP contribution in [0.25, 0.3) is 17.4 Å². The van der Waals surface area contributed by atoms with Crippen molar-refractivity contribution in [3.05, 3.63) is 91.4 Å². The summed E-state index contributed by atoms with van der Waals surface area (Å²) in [5.74, 6) is 0.504. The molecule has 28 heavy (non-hydrogen) atoms. The van der Waals surface area contributed by atoms with Gasteiger partial charge in [0.15, 0.2) is 5.70 Å². The molecule has 2 heterocycles. The molecule has 138 valence electrons. The number of hydrogen-bond acceptors (Lipinski definition) is 6. The summed E-state index contributed by atoms with van der Waals surface area (Å²) in [5.41, 5.74) is 1.36. The van der Waals surface area contributed by atoms with Crippen LogP contribution < -0.4 is 0 Å². The first kappa shape index (κ1) is 18.1. The van der Waals surface area contributed by atoms with Gasteiger partial charge in [-0.3, -0.25) is 10.1 Å². The number of rotatable bonds is 4. The predicted octanol–water partition coefficient (Wildman–Crippen LogP) is 4.80. The van der Waals surface area contributed by atoms with Crippen LogP contribution in [-0.2, 0) is 9.53 Å². The van der Waals surface area contributed by atoms with Gasteiger partial charge < -0.3 is 9.15 Å². The van der Waals surface area contributed by atoms with Gasteiger partial charge in [-0.25, -0.2) is 9.79 Å². The molecule has 7 nitrogen and oxygen atoms in total. The van der Waals surface area contributed by atoms with Gasteiger partial charge in [0.1, 0.15) is 11.5 Å². The van der Waals surface area contributed by atoms with Crippen molar-refractivity contribution in [1.82, 2.24) is 0 Å². The van der Waals surface area contributed by atoms with Gasteiger partial charge in [0.25, 0.3) is 5.69 Å². The van der Waals surface area contributed by atoms with Crippen LogP contribution in [0.1, 0.15) is 11.3 Å². The Labute approximate surface area is 172 Å². The monoisotopic (exact) mass is 486 g/mol. The van der Waals surface area contributed by atoms with Gasteiger partial charge in [-0.2, -0.15) is 0 Å². The summed E-state index contributed by atoms with van der Waals surface area (Å²) in [6.07, 6.45) is 1.48. The number of aliphatic imine (C=N–C) groups is 1. The Morgan fingerprint density at radius 3 is 2.57 bits per heavy atom. The third kappa shape index (κ3) is 3.72. The molecular weight excluding hydrogens is 475 g/mol. The number of nitrogens with zero attached hydrogens (tertiary/aromatic N) is 2. The van der Waals surface area contributed by atoms with Gasteiger partial charge in [0, 0.05) is 32.9 Å². The maximum absolute atomic E-state index is 12.1. The molecule has 1 aromatic heterocycles. The second-order valence-electron chi connectivity index (χ2n) is 5.85. The molecule has 1 aliphatic rings. The lowest BCUT2D eigenvalue weighted by molar-refractivity contribution is -0.384. The predicted molar refractivity (Wildman–Crippen MR) is 111 cm³/mol. The van der Waals surface area contributed by atoms with Gasteiger partial charge in [0.2, 0.25) is 5.90 Å². The Morgan fingerprint density at radius 2 is 1.82 bits per heavy atom. The van der Waals surface area contributed by atoms with E-state index in [1.807, 2.05) is 24.3 Å². The van der Waals surface area contributed by atoms with E-state index >= 15 is 0 Å². The second kappa shape index (κ2) is 7.39. The zero-order valence-electron chi connectivity index (χ0n) is 14.2. The van der Waals surface area contributed by atoms with Crippen molar-refractivity contribution in [3.8, 4) is 11.3 Å². The highest BCUT2D eigenvalue weighted by atomic mass is 127. The SMILES string of the molecule is O=C1OC(c2ccc(I)cc2)=N/C1=C\c1ccc(-c2cccc([N+](=O)[O-])c2)o1. The van der Waals surface area contributed by atoms with Gasteiger partial charge in [-0.1, -0.05) is 12.1 Å². The molecule has 0 aliphatic carbocycles. The van der Waals surface area contributed by atoms with Crippen molar-refractivity contribution in [3.63, 3.8) is 0 Å².